The van der Waals surface area contributed by atoms with Crippen LogP contribution in [0, 0.1) is 10.1 Å². The fraction of sp³-hybridized carbons (Fsp3) is 0.471. The Hall–Kier alpha value is -2.61. The SMILES string of the molecule is O=C(Nc1cc(CO)ccc1N1CCCCC1)C1CC=C([N+](=O)[O-])O1. The number of nitro groups is 1. The quantitative estimate of drug-likeness (QED) is 0.624. The van der Waals surface area contributed by atoms with Gasteiger partial charge in [-0.2, -0.15) is 0 Å². The van der Waals surface area contributed by atoms with Crippen molar-refractivity contribution in [1.29, 1.82) is 0 Å². The fourth-order valence-electron chi connectivity index (χ4n) is 3.13. The number of rotatable bonds is 5. The van der Waals surface area contributed by atoms with Gasteiger partial charge in [-0.25, -0.2) is 0 Å². The highest BCUT2D eigenvalue weighted by Gasteiger charge is 2.32. The van der Waals surface area contributed by atoms with Crippen LogP contribution in [0.5, 0.6) is 0 Å². The lowest BCUT2D eigenvalue weighted by Gasteiger charge is -2.31. The molecule has 3 rings (SSSR count). The van der Waals surface area contributed by atoms with Crippen molar-refractivity contribution in [2.24, 2.45) is 0 Å². The van der Waals surface area contributed by atoms with Crippen LogP contribution >= 0.6 is 0 Å². The second-order valence-corrected chi connectivity index (χ2v) is 6.19. The van der Waals surface area contributed by atoms with Crippen LogP contribution in [0.2, 0.25) is 0 Å². The van der Waals surface area contributed by atoms with Gasteiger partial charge in [0.1, 0.15) is 4.92 Å². The monoisotopic (exact) mass is 347 g/mol. The first-order valence-corrected chi connectivity index (χ1v) is 8.39. The minimum atomic E-state index is -0.910. The minimum absolute atomic E-state index is 0.129. The zero-order valence-corrected chi connectivity index (χ0v) is 13.8. The normalized spacial score (nSPS) is 20.0. The largest absolute Gasteiger partial charge is 0.427 e. The molecule has 2 aliphatic heterocycles. The molecule has 134 valence electrons. The molecule has 1 amide bonds. The third-order valence-electron chi connectivity index (χ3n) is 4.44. The summed E-state index contributed by atoms with van der Waals surface area (Å²) in [6, 6.07) is 5.46. The average Bonchev–Trinajstić information content (AvgIpc) is 3.13. The number of aliphatic hydroxyl groups is 1. The van der Waals surface area contributed by atoms with E-state index < -0.39 is 16.9 Å². The van der Waals surface area contributed by atoms with Gasteiger partial charge in [0.05, 0.1) is 18.0 Å². The Bertz CT molecular complexity index is 698. The number of nitrogens with zero attached hydrogens (tertiary/aromatic N) is 2. The molecule has 1 unspecified atom stereocenters. The zero-order chi connectivity index (χ0) is 17.8. The number of hydrogen-bond donors (Lipinski definition) is 2. The summed E-state index contributed by atoms with van der Waals surface area (Å²) in [5, 5.41) is 22.9. The van der Waals surface area contributed by atoms with Crippen LogP contribution in [0.1, 0.15) is 31.2 Å². The first-order valence-electron chi connectivity index (χ1n) is 8.39. The van der Waals surface area contributed by atoms with Crippen LogP contribution in [-0.2, 0) is 16.1 Å². The van der Waals surface area contributed by atoms with Crippen LogP contribution in [0.25, 0.3) is 0 Å². The summed E-state index contributed by atoms with van der Waals surface area (Å²) in [6.45, 7) is 1.69. The maximum atomic E-state index is 12.4. The summed E-state index contributed by atoms with van der Waals surface area (Å²) in [5.74, 6) is -0.818. The number of aliphatic hydroxyl groups excluding tert-OH is 1. The van der Waals surface area contributed by atoms with Crippen molar-refractivity contribution in [3.8, 4) is 0 Å². The molecule has 2 aliphatic rings. The molecule has 0 aliphatic carbocycles. The first kappa shape index (κ1) is 17.2. The Labute approximate surface area is 145 Å². The molecule has 1 atom stereocenters. The van der Waals surface area contributed by atoms with Crippen LogP contribution in [0.15, 0.2) is 30.2 Å². The molecule has 0 bridgehead atoms. The summed E-state index contributed by atoms with van der Waals surface area (Å²) in [5.41, 5.74) is 2.18. The molecule has 1 saturated heterocycles. The van der Waals surface area contributed by atoms with E-state index in [4.69, 9.17) is 4.74 Å². The first-order chi connectivity index (χ1) is 12.1. The van der Waals surface area contributed by atoms with Gasteiger partial charge in [0.25, 0.3) is 5.91 Å². The summed E-state index contributed by atoms with van der Waals surface area (Å²) in [6.07, 6.45) is 3.94. The standard InChI is InChI=1S/C17H21N3O5/c21-11-12-4-5-14(19-8-2-1-3-9-19)13(10-12)18-17(22)15-6-7-16(25-15)20(23)24/h4-5,7,10,15,21H,1-3,6,8-9,11H2,(H,18,22). The number of nitrogens with one attached hydrogen (secondary N) is 1. The summed E-state index contributed by atoms with van der Waals surface area (Å²) >= 11 is 0. The molecule has 2 heterocycles. The van der Waals surface area contributed by atoms with Gasteiger partial charge in [0, 0.05) is 25.6 Å². The molecule has 0 spiro atoms. The Morgan fingerprint density at radius 1 is 1.36 bits per heavy atom. The summed E-state index contributed by atoms with van der Waals surface area (Å²) in [7, 11) is 0. The van der Waals surface area contributed by atoms with E-state index in [1.54, 1.807) is 6.07 Å². The highest BCUT2D eigenvalue weighted by molar-refractivity contribution is 5.97. The van der Waals surface area contributed by atoms with Gasteiger partial charge in [-0.3, -0.25) is 14.9 Å². The van der Waals surface area contributed by atoms with Gasteiger partial charge >= 0.3 is 5.88 Å². The van der Waals surface area contributed by atoms with E-state index in [0.717, 1.165) is 31.6 Å². The molecule has 2 N–H and O–H groups in total. The van der Waals surface area contributed by atoms with Crippen molar-refractivity contribution >= 4 is 17.3 Å². The predicted octanol–water partition coefficient (Wildman–Crippen LogP) is 2.01. The maximum absolute atomic E-state index is 12.4. The lowest BCUT2D eigenvalue weighted by atomic mass is 10.1. The Morgan fingerprint density at radius 3 is 2.76 bits per heavy atom. The average molecular weight is 347 g/mol. The molecule has 0 aromatic heterocycles. The Morgan fingerprint density at radius 2 is 2.12 bits per heavy atom. The number of carbonyl (C=O) groups excluding carboxylic acids is 1. The van der Waals surface area contributed by atoms with E-state index in [0.29, 0.717) is 11.3 Å². The van der Waals surface area contributed by atoms with Crippen molar-refractivity contribution in [3.63, 3.8) is 0 Å². The van der Waals surface area contributed by atoms with Crippen LogP contribution in [-0.4, -0.2) is 35.1 Å². The molecule has 8 nitrogen and oxygen atoms in total. The fourth-order valence-corrected chi connectivity index (χ4v) is 3.13. The number of hydrogen-bond acceptors (Lipinski definition) is 6. The van der Waals surface area contributed by atoms with Crippen molar-refractivity contribution in [3.05, 3.63) is 45.8 Å². The Kier molecular flexibility index (Phi) is 5.18. The predicted molar refractivity (Wildman–Crippen MR) is 91.6 cm³/mol. The number of anilines is 2. The molecule has 8 heteroatoms. The second kappa shape index (κ2) is 7.52. The van der Waals surface area contributed by atoms with Gasteiger partial charge < -0.3 is 20.1 Å². The lowest BCUT2D eigenvalue weighted by Crippen LogP contribution is -2.32. The van der Waals surface area contributed by atoms with E-state index in [9.17, 15) is 20.0 Å². The highest BCUT2D eigenvalue weighted by atomic mass is 16.7. The van der Waals surface area contributed by atoms with Gasteiger partial charge in [-0.05, 0) is 37.0 Å². The van der Waals surface area contributed by atoms with E-state index in [1.165, 1.54) is 12.5 Å². The molecular weight excluding hydrogens is 326 g/mol. The van der Waals surface area contributed by atoms with E-state index in [2.05, 4.69) is 10.2 Å². The molecule has 0 radical (unpaired) electrons. The van der Waals surface area contributed by atoms with Gasteiger partial charge in [0.15, 0.2) is 6.10 Å². The van der Waals surface area contributed by atoms with E-state index >= 15 is 0 Å². The third kappa shape index (κ3) is 3.90. The zero-order valence-electron chi connectivity index (χ0n) is 13.8. The highest BCUT2D eigenvalue weighted by Crippen LogP contribution is 2.30. The topological polar surface area (TPSA) is 105 Å². The van der Waals surface area contributed by atoms with Crippen molar-refractivity contribution in [1.82, 2.24) is 0 Å². The molecule has 1 aromatic rings. The molecule has 1 aromatic carbocycles. The second-order valence-electron chi connectivity index (χ2n) is 6.19. The summed E-state index contributed by atoms with van der Waals surface area (Å²) in [4.78, 5) is 24.7. The van der Waals surface area contributed by atoms with Crippen LogP contribution in [0.3, 0.4) is 0 Å². The smallest absolute Gasteiger partial charge is 0.424 e. The Balaban J connectivity index is 1.76. The molecular formula is C17H21N3O5. The van der Waals surface area contributed by atoms with Crippen molar-refractivity contribution in [2.75, 3.05) is 23.3 Å². The van der Waals surface area contributed by atoms with Crippen molar-refractivity contribution < 1.29 is 19.6 Å². The maximum Gasteiger partial charge on any atom is 0.424 e. The van der Waals surface area contributed by atoms with Gasteiger partial charge in [-0.15, -0.1) is 0 Å². The summed E-state index contributed by atoms with van der Waals surface area (Å²) < 4.78 is 5.09. The van der Waals surface area contributed by atoms with E-state index in [1.807, 2.05) is 12.1 Å². The van der Waals surface area contributed by atoms with Crippen molar-refractivity contribution in [2.45, 2.75) is 38.4 Å². The number of ether oxygens (including phenoxy) is 1. The molecule has 1 fully saturated rings. The lowest BCUT2D eigenvalue weighted by molar-refractivity contribution is -0.462. The number of benzene rings is 1. The van der Waals surface area contributed by atoms with Gasteiger partial charge in [-0.1, -0.05) is 6.07 Å². The molecule has 0 saturated carbocycles. The number of amides is 1. The number of piperidine rings is 1. The minimum Gasteiger partial charge on any atom is -0.427 e. The number of carbonyl (C=O) groups is 1. The third-order valence-corrected chi connectivity index (χ3v) is 4.44. The van der Waals surface area contributed by atoms with Crippen LogP contribution < -0.4 is 10.2 Å². The van der Waals surface area contributed by atoms with E-state index in [-0.39, 0.29) is 18.9 Å². The van der Waals surface area contributed by atoms with Gasteiger partial charge in [0.2, 0.25) is 0 Å². The van der Waals surface area contributed by atoms with Crippen LogP contribution in [0.4, 0.5) is 11.4 Å². The molecule has 25 heavy (non-hydrogen) atoms.